The molecular weight excluding hydrogens is 198 g/mol. The Bertz CT molecular complexity index is 225. The number of thiocarbonyl (C=S) groups is 1. The first-order valence-electron chi connectivity index (χ1n) is 3.28. The van der Waals surface area contributed by atoms with Crippen LogP contribution in [0.1, 0.15) is 6.42 Å². The van der Waals surface area contributed by atoms with Crippen LogP contribution in [0.4, 0.5) is 0 Å². The number of hydrogen-bond donors (Lipinski definition) is 0. The summed E-state index contributed by atoms with van der Waals surface area (Å²) in [5.74, 6) is -0.958. The quantitative estimate of drug-likeness (QED) is 0.551. The first-order valence-corrected chi connectivity index (χ1v) is 4.67. The standard InChI is InChI=1S/C6H7NO3S2/c8-4-3-12-6(11)7(4)2-1-5(9)10/h1-3H2,(H,9,10)/p-1. The van der Waals surface area contributed by atoms with Gasteiger partial charge in [0.1, 0.15) is 4.32 Å². The van der Waals surface area contributed by atoms with Gasteiger partial charge in [-0.25, -0.2) is 0 Å². The first kappa shape index (κ1) is 9.47. The molecular formula is C6H6NO3S2-. The molecule has 1 fully saturated rings. The molecule has 0 atom stereocenters. The highest BCUT2D eigenvalue weighted by Crippen LogP contribution is 2.18. The summed E-state index contributed by atoms with van der Waals surface area (Å²) >= 11 is 6.08. The van der Waals surface area contributed by atoms with E-state index >= 15 is 0 Å². The summed E-state index contributed by atoms with van der Waals surface area (Å²) in [6.07, 6.45) is -0.160. The number of rotatable bonds is 3. The number of carboxylic acids is 1. The van der Waals surface area contributed by atoms with Gasteiger partial charge >= 0.3 is 0 Å². The first-order chi connectivity index (χ1) is 5.61. The Morgan fingerprint density at radius 3 is 2.83 bits per heavy atom. The third kappa shape index (κ3) is 2.18. The third-order valence-electron chi connectivity index (χ3n) is 1.38. The Morgan fingerprint density at radius 1 is 1.75 bits per heavy atom. The number of hydrogen-bond acceptors (Lipinski definition) is 5. The van der Waals surface area contributed by atoms with E-state index in [0.717, 1.165) is 0 Å². The zero-order chi connectivity index (χ0) is 9.14. The van der Waals surface area contributed by atoms with Gasteiger partial charge in [-0.3, -0.25) is 9.69 Å². The maximum atomic E-state index is 11.0. The van der Waals surface area contributed by atoms with Crippen LogP contribution < -0.4 is 5.11 Å². The molecule has 4 nitrogen and oxygen atoms in total. The van der Waals surface area contributed by atoms with E-state index in [0.29, 0.717) is 10.1 Å². The predicted molar refractivity (Wildman–Crippen MR) is 46.4 cm³/mol. The van der Waals surface area contributed by atoms with Crippen LogP contribution in [-0.4, -0.2) is 33.4 Å². The molecule has 6 heteroatoms. The van der Waals surface area contributed by atoms with Crippen molar-refractivity contribution in [1.29, 1.82) is 0 Å². The second-order valence-corrected chi connectivity index (χ2v) is 3.83. The monoisotopic (exact) mass is 204 g/mol. The molecule has 0 radical (unpaired) electrons. The molecule has 0 N–H and O–H groups in total. The van der Waals surface area contributed by atoms with Crippen LogP contribution in [0.2, 0.25) is 0 Å². The maximum absolute atomic E-state index is 11.0. The van der Waals surface area contributed by atoms with Crippen molar-refractivity contribution in [3.8, 4) is 0 Å². The van der Waals surface area contributed by atoms with Crippen molar-refractivity contribution in [3.05, 3.63) is 0 Å². The van der Waals surface area contributed by atoms with E-state index in [2.05, 4.69) is 0 Å². The summed E-state index contributed by atoms with van der Waals surface area (Å²) in [7, 11) is 0. The van der Waals surface area contributed by atoms with Crippen molar-refractivity contribution in [2.75, 3.05) is 12.3 Å². The van der Waals surface area contributed by atoms with Crippen LogP contribution in [0, 0.1) is 0 Å². The molecule has 0 aliphatic carbocycles. The van der Waals surface area contributed by atoms with E-state index < -0.39 is 5.97 Å². The molecule has 0 aromatic rings. The Hall–Kier alpha value is -0.620. The Labute approximate surface area is 78.9 Å². The minimum absolute atomic E-state index is 0.119. The largest absolute Gasteiger partial charge is 0.550 e. The zero-order valence-corrected chi connectivity index (χ0v) is 7.74. The Morgan fingerprint density at radius 2 is 2.42 bits per heavy atom. The van der Waals surface area contributed by atoms with Gasteiger partial charge in [-0.05, 0) is 0 Å². The predicted octanol–water partition coefficient (Wildman–Crippen LogP) is -1.01. The van der Waals surface area contributed by atoms with Gasteiger partial charge in [0, 0.05) is 18.9 Å². The smallest absolute Gasteiger partial charge is 0.238 e. The molecule has 1 saturated heterocycles. The van der Waals surface area contributed by atoms with E-state index in [1.54, 1.807) is 0 Å². The molecule has 66 valence electrons. The van der Waals surface area contributed by atoms with Crippen molar-refractivity contribution in [2.24, 2.45) is 0 Å². The molecule has 12 heavy (non-hydrogen) atoms. The lowest BCUT2D eigenvalue weighted by Gasteiger charge is -2.14. The summed E-state index contributed by atoms with van der Waals surface area (Å²) in [5, 5.41) is 10.1. The summed E-state index contributed by atoms with van der Waals surface area (Å²) in [6.45, 7) is 0.132. The van der Waals surface area contributed by atoms with Crippen LogP contribution in [0.25, 0.3) is 0 Å². The highest BCUT2D eigenvalue weighted by Gasteiger charge is 2.25. The van der Waals surface area contributed by atoms with Gasteiger partial charge in [0.15, 0.2) is 0 Å². The summed E-state index contributed by atoms with van der Waals surface area (Å²) in [4.78, 5) is 22.4. The Balaban J connectivity index is 2.45. The third-order valence-corrected chi connectivity index (χ3v) is 2.81. The zero-order valence-electron chi connectivity index (χ0n) is 6.11. The maximum Gasteiger partial charge on any atom is 0.238 e. The fourth-order valence-corrected chi connectivity index (χ4v) is 1.92. The molecule has 0 aromatic heterocycles. The highest BCUT2D eigenvalue weighted by atomic mass is 32.2. The molecule has 0 bridgehead atoms. The van der Waals surface area contributed by atoms with E-state index in [-0.39, 0.29) is 18.9 Å². The lowest BCUT2D eigenvalue weighted by atomic mass is 10.4. The Kier molecular flexibility index (Phi) is 3.05. The molecule has 0 spiro atoms. The van der Waals surface area contributed by atoms with Gasteiger partial charge in [-0.1, -0.05) is 24.0 Å². The molecule has 0 aromatic carbocycles. The number of carbonyl (C=O) groups is 2. The van der Waals surface area contributed by atoms with Crippen molar-refractivity contribution in [1.82, 2.24) is 4.90 Å². The number of carbonyl (C=O) groups excluding carboxylic acids is 2. The van der Waals surface area contributed by atoms with Gasteiger partial charge in [-0.15, -0.1) is 0 Å². The molecule has 1 aliphatic rings. The van der Waals surface area contributed by atoms with Gasteiger partial charge in [0.2, 0.25) is 5.91 Å². The lowest BCUT2D eigenvalue weighted by Crippen LogP contribution is -2.34. The fraction of sp³-hybridized carbons (Fsp3) is 0.500. The van der Waals surface area contributed by atoms with Gasteiger partial charge < -0.3 is 9.90 Å². The van der Waals surface area contributed by atoms with Crippen LogP contribution in [0.15, 0.2) is 0 Å². The lowest BCUT2D eigenvalue weighted by molar-refractivity contribution is -0.305. The topological polar surface area (TPSA) is 60.4 Å². The molecule has 1 aliphatic heterocycles. The number of nitrogens with zero attached hydrogens (tertiary/aromatic N) is 1. The van der Waals surface area contributed by atoms with Gasteiger partial charge in [-0.2, -0.15) is 0 Å². The summed E-state index contributed by atoms with van der Waals surface area (Å²) < 4.78 is 0.459. The number of amides is 1. The second kappa shape index (κ2) is 3.86. The fourth-order valence-electron chi connectivity index (χ4n) is 0.800. The van der Waals surface area contributed by atoms with E-state index in [9.17, 15) is 14.7 Å². The molecule has 0 unspecified atom stereocenters. The van der Waals surface area contributed by atoms with Crippen molar-refractivity contribution >= 4 is 40.2 Å². The SMILES string of the molecule is O=C([O-])CCN1C(=O)CSC1=S. The molecule has 1 amide bonds. The minimum Gasteiger partial charge on any atom is -0.550 e. The normalized spacial score (nSPS) is 17.2. The van der Waals surface area contributed by atoms with Crippen LogP contribution >= 0.6 is 24.0 Å². The summed E-state index contributed by atoms with van der Waals surface area (Å²) in [5.41, 5.74) is 0. The molecule has 0 saturated carbocycles. The summed E-state index contributed by atoms with van der Waals surface area (Å²) in [6, 6.07) is 0. The van der Waals surface area contributed by atoms with Crippen LogP contribution in [-0.2, 0) is 9.59 Å². The number of aliphatic carboxylic acids is 1. The second-order valence-electron chi connectivity index (χ2n) is 2.22. The average molecular weight is 204 g/mol. The van der Waals surface area contributed by atoms with Crippen LogP contribution in [0.5, 0.6) is 0 Å². The highest BCUT2D eigenvalue weighted by molar-refractivity contribution is 8.23. The molecule has 1 rings (SSSR count). The number of thioether (sulfide) groups is 1. The van der Waals surface area contributed by atoms with Crippen molar-refractivity contribution in [2.45, 2.75) is 6.42 Å². The number of carboxylic acid groups (broad SMARTS) is 1. The van der Waals surface area contributed by atoms with Gasteiger partial charge in [0.05, 0.1) is 5.75 Å². The van der Waals surface area contributed by atoms with Crippen molar-refractivity contribution < 1.29 is 14.7 Å². The van der Waals surface area contributed by atoms with E-state index in [1.165, 1.54) is 16.7 Å². The van der Waals surface area contributed by atoms with E-state index in [1.807, 2.05) is 0 Å². The average Bonchev–Trinajstić information content (AvgIpc) is 2.28. The van der Waals surface area contributed by atoms with E-state index in [4.69, 9.17) is 12.2 Å². The van der Waals surface area contributed by atoms with Gasteiger partial charge in [0.25, 0.3) is 0 Å². The van der Waals surface area contributed by atoms with Crippen LogP contribution in [0.3, 0.4) is 0 Å². The van der Waals surface area contributed by atoms with Crippen molar-refractivity contribution in [3.63, 3.8) is 0 Å². The minimum atomic E-state index is -1.16. The molecule has 1 heterocycles.